The fourth-order valence-electron chi connectivity index (χ4n) is 2.20. The van der Waals surface area contributed by atoms with E-state index in [0.717, 1.165) is 29.8 Å². The van der Waals surface area contributed by atoms with Gasteiger partial charge in [-0.15, -0.1) is 0 Å². The Morgan fingerprint density at radius 2 is 2.22 bits per heavy atom. The summed E-state index contributed by atoms with van der Waals surface area (Å²) in [7, 11) is 0. The molecule has 102 valence electrons. The van der Waals surface area contributed by atoms with Crippen molar-refractivity contribution >= 4 is 11.8 Å². The summed E-state index contributed by atoms with van der Waals surface area (Å²) >= 11 is 1.97. The van der Waals surface area contributed by atoms with Gasteiger partial charge in [-0.2, -0.15) is 16.7 Å². The van der Waals surface area contributed by atoms with Crippen LogP contribution in [0.1, 0.15) is 63.7 Å². The first kappa shape index (κ1) is 13.9. The Morgan fingerprint density at radius 1 is 1.44 bits per heavy atom. The van der Waals surface area contributed by atoms with E-state index in [-0.39, 0.29) is 6.04 Å². The molecular weight excluding hydrogens is 246 g/mol. The largest absolute Gasteiger partial charge is 0.338 e. The van der Waals surface area contributed by atoms with Crippen molar-refractivity contribution in [1.29, 1.82) is 0 Å². The number of hydrogen-bond acceptors (Lipinski definition) is 5. The van der Waals surface area contributed by atoms with Gasteiger partial charge in [-0.1, -0.05) is 24.9 Å². The zero-order valence-corrected chi connectivity index (χ0v) is 12.1. The van der Waals surface area contributed by atoms with Crippen LogP contribution in [-0.2, 0) is 5.75 Å². The maximum Gasteiger partial charge on any atom is 0.243 e. The summed E-state index contributed by atoms with van der Waals surface area (Å²) < 4.78 is 5.30. The van der Waals surface area contributed by atoms with E-state index in [9.17, 15) is 0 Å². The minimum absolute atomic E-state index is 0.155. The number of nitrogens with zero attached hydrogens (tertiary/aromatic N) is 2. The fraction of sp³-hybridized carbons (Fsp3) is 0.846. The van der Waals surface area contributed by atoms with Gasteiger partial charge < -0.3 is 9.84 Å². The van der Waals surface area contributed by atoms with E-state index in [4.69, 9.17) is 4.52 Å². The SMILES string of the molecule is CCCNC(C)c1nc(CSC2CCCC2)no1. The molecule has 0 radical (unpaired) electrons. The molecule has 1 saturated carbocycles. The lowest BCUT2D eigenvalue weighted by atomic mass is 10.3. The van der Waals surface area contributed by atoms with Crippen LogP contribution in [0.15, 0.2) is 4.52 Å². The maximum atomic E-state index is 5.30. The van der Waals surface area contributed by atoms with Gasteiger partial charge in [0.2, 0.25) is 5.89 Å². The van der Waals surface area contributed by atoms with E-state index in [2.05, 4.69) is 29.3 Å². The predicted molar refractivity (Wildman–Crippen MR) is 74.6 cm³/mol. The second-order valence-corrected chi connectivity index (χ2v) is 6.23. The number of hydrogen-bond donors (Lipinski definition) is 1. The third-order valence-electron chi connectivity index (χ3n) is 3.31. The second kappa shape index (κ2) is 7.14. The summed E-state index contributed by atoms with van der Waals surface area (Å²) in [5, 5.41) is 8.22. The molecule has 0 aromatic carbocycles. The first-order chi connectivity index (χ1) is 8.79. The average Bonchev–Trinajstić information content (AvgIpc) is 3.04. The molecule has 1 heterocycles. The van der Waals surface area contributed by atoms with E-state index in [1.54, 1.807) is 0 Å². The molecule has 0 amide bonds. The molecule has 0 spiro atoms. The van der Waals surface area contributed by atoms with Crippen molar-refractivity contribution in [3.8, 4) is 0 Å². The molecule has 0 aliphatic heterocycles. The van der Waals surface area contributed by atoms with Gasteiger partial charge in [0, 0.05) is 5.25 Å². The van der Waals surface area contributed by atoms with Crippen LogP contribution in [0.4, 0.5) is 0 Å². The summed E-state index contributed by atoms with van der Waals surface area (Å²) in [4.78, 5) is 4.46. The average molecular weight is 269 g/mol. The summed E-state index contributed by atoms with van der Waals surface area (Å²) in [6.07, 6.45) is 6.58. The van der Waals surface area contributed by atoms with E-state index in [0.29, 0.717) is 5.89 Å². The van der Waals surface area contributed by atoms with Gasteiger partial charge in [0.15, 0.2) is 5.82 Å². The van der Waals surface area contributed by atoms with Gasteiger partial charge in [0.25, 0.3) is 0 Å². The monoisotopic (exact) mass is 269 g/mol. The Hall–Kier alpha value is -0.550. The maximum absolute atomic E-state index is 5.30. The van der Waals surface area contributed by atoms with Crippen molar-refractivity contribution < 1.29 is 4.52 Å². The molecule has 1 aromatic rings. The van der Waals surface area contributed by atoms with Crippen LogP contribution in [0.3, 0.4) is 0 Å². The molecule has 0 saturated heterocycles. The summed E-state index contributed by atoms with van der Waals surface area (Å²) in [6.45, 7) is 5.20. The molecule has 1 aromatic heterocycles. The van der Waals surface area contributed by atoms with Gasteiger partial charge in [0.1, 0.15) is 0 Å². The second-order valence-electron chi connectivity index (χ2n) is 4.94. The lowest BCUT2D eigenvalue weighted by Gasteiger charge is -2.07. The Morgan fingerprint density at radius 3 is 2.94 bits per heavy atom. The zero-order chi connectivity index (χ0) is 12.8. The van der Waals surface area contributed by atoms with Crippen LogP contribution in [-0.4, -0.2) is 21.9 Å². The van der Waals surface area contributed by atoms with Crippen molar-refractivity contribution in [3.63, 3.8) is 0 Å². The normalized spacial score (nSPS) is 18.3. The van der Waals surface area contributed by atoms with Crippen LogP contribution in [0.5, 0.6) is 0 Å². The molecule has 5 heteroatoms. The molecule has 1 unspecified atom stereocenters. The first-order valence-corrected chi connectivity index (χ1v) is 8.02. The third kappa shape index (κ3) is 3.99. The van der Waals surface area contributed by atoms with Crippen LogP contribution in [0, 0.1) is 0 Å². The minimum Gasteiger partial charge on any atom is -0.338 e. The van der Waals surface area contributed by atoms with E-state index >= 15 is 0 Å². The van der Waals surface area contributed by atoms with Gasteiger partial charge in [-0.3, -0.25) is 0 Å². The highest BCUT2D eigenvalue weighted by Gasteiger charge is 2.18. The predicted octanol–water partition coefficient (Wildman–Crippen LogP) is 3.31. The molecule has 0 bridgehead atoms. The lowest BCUT2D eigenvalue weighted by Crippen LogP contribution is -2.19. The molecule has 2 rings (SSSR count). The third-order valence-corrected chi connectivity index (χ3v) is 4.67. The molecule has 1 aliphatic carbocycles. The van der Waals surface area contributed by atoms with Crippen LogP contribution in [0.25, 0.3) is 0 Å². The number of thioether (sulfide) groups is 1. The van der Waals surface area contributed by atoms with Gasteiger partial charge in [-0.05, 0) is 32.7 Å². The van der Waals surface area contributed by atoms with Crippen molar-refractivity contribution in [3.05, 3.63) is 11.7 Å². The van der Waals surface area contributed by atoms with Crippen molar-refractivity contribution in [2.75, 3.05) is 6.54 Å². The number of aromatic nitrogens is 2. The van der Waals surface area contributed by atoms with Gasteiger partial charge >= 0.3 is 0 Å². The first-order valence-electron chi connectivity index (χ1n) is 6.97. The number of nitrogens with one attached hydrogen (secondary N) is 1. The Kier molecular flexibility index (Phi) is 5.50. The Balaban J connectivity index is 1.77. The highest BCUT2D eigenvalue weighted by Crippen LogP contribution is 2.31. The molecule has 1 atom stereocenters. The quantitative estimate of drug-likeness (QED) is 0.823. The van der Waals surface area contributed by atoms with Crippen molar-refractivity contribution in [2.24, 2.45) is 0 Å². The highest BCUT2D eigenvalue weighted by atomic mass is 32.2. The Bertz CT molecular complexity index is 350. The van der Waals surface area contributed by atoms with Crippen LogP contribution < -0.4 is 5.32 Å². The minimum atomic E-state index is 0.155. The summed E-state index contributed by atoms with van der Waals surface area (Å²) in [6, 6.07) is 0.155. The molecular formula is C13H23N3OS. The van der Waals surface area contributed by atoms with Crippen LogP contribution in [0.2, 0.25) is 0 Å². The van der Waals surface area contributed by atoms with E-state index in [1.807, 2.05) is 11.8 Å². The lowest BCUT2D eigenvalue weighted by molar-refractivity contribution is 0.337. The Labute approximate surface area is 113 Å². The highest BCUT2D eigenvalue weighted by molar-refractivity contribution is 7.99. The smallest absolute Gasteiger partial charge is 0.243 e. The topological polar surface area (TPSA) is 51.0 Å². The van der Waals surface area contributed by atoms with Crippen molar-refractivity contribution in [2.45, 2.75) is 63.0 Å². The van der Waals surface area contributed by atoms with Crippen LogP contribution >= 0.6 is 11.8 Å². The van der Waals surface area contributed by atoms with Gasteiger partial charge in [0.05, 0.1) is 11.8 Å². The summed E-state index contributed by atoms with van der Waals surface area (Å²) in [5.41, 5.74) is 0. The molecule has 1 N–H and O–H groups in total. The molecule has 4 nitrogen and oxygen atoms in total. The van der Waals surface area contributed by atoms with Crippen molar-refractivity contribution in [1.82, 2.24) is 15.5 Å². The molecule has 1 aliphatic rings. The van der Waals surface area contributed by atoms with E-state index in [1.165, 1.54) is 25.7 Å². The van der Waals surface area contributed by atoms with E-state index < -0.39 is 0 Å². The van der Waals surface area contributed by atoms with Gasteiger partial charge in [-0.25, -0.2) is 0 Å². The molecule has 18 heavy (non-hydrogen) atoms. The fourth-order valence-corrected chi connectivity index (χ4v) is 3.37. The standard InChI is InChI=1S/C13H23N3OS/c1-3-8-14-10(2)13-15-12(16-17-13)9-18-11-6-4-5-7-11/h10-11,14H,3-9H2,1-2H3. The zero-order valence-electron chi connectivity index (χ0n) is 11.3. The molecule has 1 fully saturated rings. The number of rotatable bonds is 7. The summed E-state index contributed by atoms with van der Waals surface area (Å²) in [5.74, 6) is 2.44.